The summed E-state index contributed by atoms with van der Waals surface area (Å²) in [5.41, 5.74) is 0.610. The summed E-state index contributed by atoms with van der Waals surface area (Å²) in [5.74, 6) is 1.27. The van der Waals surface area contributed by atoms with Gasteiger partial charge in [-0.1, -0.05) is 0 Å². The predicted molar refractivity (Wildman–Crippen MR) is 120 cm³/mol. The van der Waals surface area contributed by atoms with Crippen molar-refractivity contribution in [2.45, 2.75) is 11.8 Å². The molecule has 2 aliphatic heterocycles. The van der Waals surface area contributed by atoms with Gasteiger partial charge in [0, 0.05) is 44.6 Å². The second-order valence-electron chi connectivity index (χ2n) is 7.51. The van der Waals surface area contributed by atoms with Crippen LogP contribution in [0.2, 0.25) is 0 Å². The maximum atomic E-state index is 13.1. The quantitative estimate of drug-likeness (QED) is 0.548. The third kappa shape index (κ3) is 4.16. The maximum absolute atomic E-state index is 13.1. The maximum Gasteiger partial charge on any atom is 0.265 e. The minimum absolute atomic E-state index is 0.150. The minimum atomic E-state index is -3.72. The number of hydrogen-bond donors (Lipinski definition) is 0. The number of fused-ring (bicyclic) bond motifs is 1. The first-order chi connectivity index (χ1) is 15.9. The van der Waals surface area contributed by atoms with Crippen molar-refractivity contribution >= 4 is 27.3 Å². The van der Waals surface area contributed by atoms with E-state index in [-0.39, 0.29) is 37.0 Å². The summed E-state index contributed by atoms with van der Waals surface area (Å²) in [4.78, 5) is 28.3. The number of amides is 1. The first-order valence-corrected chi connectivity index (χ1v) is 12.6. The number of ether oxygens (including phenoxy) is 2. The second-order valence-corrected chi connectivity index (χ2v) is 10.4. The molecule has 5 rings (SSSR count). The van der Waals surface area contributed by atoms with Crippen LogP contribution in [0, 0.1) is 6.92 Å². The van der Waals surface area contributed by atoms with Gasteiger partial charge in [-0.15, -0.1) is 11.3 Å². The van der Waals surface area contributed by atoms with Crippen LogP contribution in [0.4, 0.5) is 0 Å². The predicted octanol–water partition coefficient (Wildman–Crippen LogP) is 1.83. The Kier molecular flexibility index (Phi) is 5.72. The lowest BCUT2D eigenvalue weighted by Gasteiger charge is -2.34. The molecule has 33 heavy (non-hydrogen) atoms. The van der Waals surface area contributed by atoms with Gasteiger partial charge in [-0.3, -0.25) is 4.79 Å². The first kappa shape index (κ1) is 21.7. The number of piperazine rings is 1. The molecule has 0 N–H and O–H groups in total. The van der Waals surface area contributed by atoms with E-state index in [2.05, 4.69) is 15.0 Å². The van der Waals surface area contributed by atoms with E-state index in [1.165, 1.54) is 27.8 Å². The van der Waals surface area contributed by atoms with E-state index in [4.69, 9.17) is 9.47 Å². The van der Waals surface area contributed by atoms with Crippen molar-refractivity contribution in [1.29, 1.82) is 0 Å². The van der Waals surface area contributed by atoms with Gasteiger partial charge in [0.2, 0.25) is 10.0 Å². The lowest BCUT2D eigenvalue weighted by molar-refractivity contribution is 0.0702. The Morgan fingerprint density at radius 1 is 1.03 bits per heavy atom. The van der Waals surface area contributed by atoms with E-state index in [1.54, 1.807) is 36.4 Å². The molecule has 0 atom stereocenters. The molecule has 0 aliphatic carbocycles. The van der Waals surface area contributed by atoms with E-state index >= 15 is 0 Å². The number of hydrogen-bond acceptors (Lipinski definition) is 9. The highest BCUT2D eigenvalue weighted by Crippen LogP contribution is 2.33. The van der Waals surface area contributed by atoms with Crippen molar-refractivity contribution in [2.24, 2.45) is 0 Å². The smallest absolute Gasteiger partial charge is 0.265 e. The van der Waals surface area contributed by atoms with Crippen LogP contribution in [0.25, 0.3) is 10.8 Å². The van der Waals surface area contributed by atoms with Gasteiger partial charge in [0.25, 0.3) is 5.91 Å². The number of thiazole rings is 1. The zero-order valence-electron chi connectivity index (χ0n) is 17.8. The number of rotatable bonds is 4. The van der Waals surface area contributed by atoms with Crippen molar-refractivity contribution in [3.8, 4) is 22.3 Å². The molecule has 1 fully saturated rings. The summed E-state index contributed by atoms with van der Waals surface area (Å²) < 4.78 is 38.7. The molecule has 1 aromatic carbocycles. The van der Waals surface area contributed by atoms with Crippen molar-refractivity contribution < 1.29 is 22.7 Å². The van der Waals surface area contributed by atoms with Crippen molar-refractivity contribution in [1.82, 2.24) is 24.2 Å². The molecule has 2 aromatic heterocycles. The molecule has 0 unspecified atom stereocenters. The standard InChI is InChI=1S/C21H21N5O5S2/c1-14-18(32-20(24-14)19-22-5-2-6-23-19)21(27)25-7-9-26(10-8-25)33(28,29)15-3-4-16-17(13-15)31-12-11-30-16/h2-6,13H,7-12H2,1H3. The van der Waals surface area contributed by atoms with E-state index in [0.717, 1.165) is 0 Å². The molecule has 172 valence electrons. The van der Waals surface area contributed by atoms with E-state index in [9.17, 15) is 13.2 Å². The van der Waals surface area contributed by atoms with Gasteiger partial charge < -0.3 is 14.4 Å². The van der Waals surface area contributed by atoms with E-state index < -0.39 is 10.0 Å². The fraction of sp³-hybridized carbons (Fsp3) is 0.333. The summed E-state index contributed by atoms with van der Waals surface area (Å²) in [6.07, 6.45) is 3.25. The van der Waals surface area contributed by atoms with Crippen LogP contribution in [0.5, 0.6) is 11.5 Å². The molecule has 0 bridgehead atoms. The average Bonchev–Trinajstić information content (AvgIpc) is 3.25. The molecule has 10 nitrogen and oxygen atoms in total. The van der Waals surface area contributed by atoms with Gasteiger partial charge in [-0.25, -0.2) is 23.4 Å². The fourth-order valence-corrected chi connectivity index (χ4v) is 6.13. The number of benzene rings is 1. The number of aryl methyl sites for hydroxylation is 1. The highest BCUT2D eigenvalue weighted by molar-refractivity contribution is 7.89. The van der Waals surface area contributed by atoms with Gasteiger partial charge >= 0.3 is 0 Å². The number of carbonyl (C=O) groups is 1. The van der Waals surface area contributed by atoms with Crippen LogP contribution in [-0.2, 0) is 10.0 Å². The Labute approximate surface area is 194 Å². The fourth-order valence-electron chi connectivity index (χ4n) is 3.71. The van der Waals surface area contributed by atoms with Crippen LogP contribution in [0.15, 0.2) is 41.6 Å². The van der Waals surface area contributed by atoms with Crippen molar-refractivity contribution in [2.75, 3.05) is 39.4 Å². The highest BCUT2D eigenvalue weighted by Gasteiger charge is 2.32. The SMILES string of the molecule is Cc1nc(-c2ncccn2)sc1C(=O)N1CCN(S(=O)(=O)c2ccc3c(c2)OCCO3)CC1. The zero-order chi connectivity index (χ0) is 23.0. The second kappa shape index (κ2) is 8.69. The largest absolute Gasteiger partial charge is 0.486 e. The third-order valence-electron chi connectivity index (χ3n) is 5.43. The lowest BCUT2D eigenvalue weighted by atomic mass is 10.3. The highest BCUT2D eigenvalue weighted by atomic mass is 32.2. The molecule has 0 saturated carbocycles. The molecule has 0 spiro atoms. The van der Waals surface area contributed by atoms with Gasteiger partial charge in [0.15, 0.2) is 22.3 Å². The number of carbonyl (C=O) groups excluding carboxylic acids is 1. The Morgan fingerprint density at radius 3 is 2.45 bits per heavy atom. The molecule has 2 aliphatic rings. The molecular weight excluding hydrogens is 466 g/mol. The first-order valence-electron chi connectivity index (χ1n) is 10.4. The van der Waals surface area contributed by atoms with Gasteiger partial charge in [0.1, 0.15) is 18.1 Å². The number of aromatic nitrogens is 3. The average molecular weight is 488 g/mol. The Balaban J connectivity index is 1.28. The van der Waals surface area contributed by atoms with Crippen LogP contribution in [0.1, 0.15) is 15.4 Å². The molecule has 3 aromatic rings. The Morgan fingerprint density at radius 2 is 1.73 bits per heavy atom. The van der Waals surface area contributed by atoms with Gasteiger partial charge in [-0.05, 0) is 25.1 Å². The summed E-state index contributed by atoms with van der Waals surface area (Å²) in [7, 11) is -3.72. The molecule has 0 radical (unpaired) electrons. The van der Waals surface area contributed by atoms with Crippen LogP contribution in [-0.4, -0.2) is 77.9 Å². The molecule has 4 heterocycles. The molecule has 1 amide bonds. The molecule has 1 saturated heterocycles. The topological polar surface area (TPSA) is 115 Å². The van der Waals surface area contributed by atoms with Crippen LogP contribution in [0.3, 0.4) is 0 Å². The van der Waals surface area contributed by atoms with Crippen molar-refractivity contribution in [3.63, 3.8) is 0 Å². The van der Waals surface area contributed by atoms with E-state index in [0.29, 0.717) is 46.1 Å². The zero-order valence-corrected chi connectivity index (χ0v) is 19.4. The summed E-state index contributed by atoms with van der Waals surface area (Å²) in [5, 5.41) is 0.580. The van der Waals surface area contributed by atoms with Crippen LogP contribution < -0.4 is 9.47 Å². The summed E-state index contributed by atoms with van der Waals surface area (Å²) in [6.45, 7) is 3.58. The molecule has 12 heteroatoms. The monoisotopic (exact) mass is 487 g/mol. The number of nitrogens with zero attached hydrogens (tertiary/aromatic N) is 5. The Hall–Kier alpha value is -3.09. The number of sulfonamides is 1. The molecular formula is C21H21N5O5S2. The normalized spacial score (nSPS) is 16.6. The van der Waals surface area contributed by atoms with Gasteiger partial charge in [0.05, 0.1) is 10.6 Å². The Bertz CT molecular complexity index is 1290. The minimum Gasteiger partial charge on any atom is -0.486 e. The lowest BCUT2D eigenvalue weighted by Crippen LogP contribution is -2.50. The van der Waals surface area contributed by atoms with E-state index in [1.807, 2.05) is 0 Å². The summed E-state index contributed by atoms with van der Waals surface area (Å²) in [6, 6.07) is 6.35. The summed E-state index contributed by atoms with van der Waals surface area (Å²) >= 11 is 1.25. The third-order valence-corrected chi connectivity index (χ3v) is 8.46. The van der Waals surface area contributed by atoms with Crippen molar-refractivity contribution in [3.05, 3.63) is 47.2 Å². The van der Waals surface area contributed by atoms with Crippen LogP contribution >= 0.6 is 11.3 Å². The van der Waals surface area contributed by atoms with Gasteiger partial charge in [-0.2, -0.15) is 4.31 Å².